The zero-order valence-electron chi connectivity index (χ0n) is 34.3. The van der Waals surface area contributed by atoms with E-state index in [4.69, 9.17) is 124 Å². The van der Waals surface area contributed by atoms with Gasteiger partial charge in [0.05, 0.1) is 49.3 Å². The van der Waals surface area contributed by atoms with Crippen LogP contribution in [0.4, 0.5) is 0 Å². The van der Waals surface area contributed by atoms with Crippen molar-refractivity contribution in [1.82, 2.24) is 28.9 Å². The highest BCUT2D eigenvalue weighted by Gasteiger charge is 2.59. The molecule has 2 atom stereocenters. The molecule has 4 aromatic rings. The van der Waals surface area contributed by atoms with Crippen LogP contribution in [0.1, 0.15) is 71.9 Å². The van der Waals surface area contributed by atoms with E-state index in [9.17, 15) is 10.2 Å². The highest BCUT2D eigenvalue weighted by Crippen LogP contribution is 2.55. The third-order valence-corrected chi connectivity index (χ3v) is 18.1. The van der Waals surface area contributed by atoms with Crippen LogP contribution in [0.2, 0.25) is 10.0 Å². The summed E-state index contributed by atoms with van der Waals surface area (Å²) in [6.07, 6.45) is 8.11. The second-order valence-corrected chi connectivity index (χ2v) is 24.8. The highest BCUT2D eigenvalue weighted by atomic mass is 35.7. The Balaban J connectivity index is 0.000000350. The van der Waals surface area contributed by atoms with Crippen LogP contribution in [0.15, 0.2) is 61.2 Å². The number of aromatic nitrogens is 6. The lowest BCUT2D eigenvalue weighted by Crippen LogP contribution is -2.47. The number of hydrogen-bond acceptors (Lipinski definition) is 12. The summed E-state index contributed by atoms with van der Waals surface area (Å²) in [7, 11) is 0. The molecule has 2 unspecified atom stereocenters. The second-order valence-electron chi connectivity index (χ2n) is 13.8. The number of aromatic amines is 1. The van der Waals surface area contributed by atoms with Gasteiger partial charge in [0.25, 0.3) is 12.5 Å². The van der Waals surface area contributed by atoms with E-state index in [1.54, 1.807) is 15.1 Å². The highest BCUT2D eigenvalue weighted by molar-refractivity contribution is 8.22. The van der Waals surface area contributed by atoms with Crippen LogP contribution < -0.4 is 0 Å². The molecular weight excluding hydrogens is 1040 g/mol. The Hall–Kier alpha value is -0.0400. The molecule has 350 valence electrons. The van der Waals surface area contributed by atoms with Gasteiger partial charge in [-0.2, -0.15) is 5.10 Å². The molecule has 0 bridgehead atoms. The van der Waals surface area contributed by atoms with Crippen LogP contribution in [0.25, 0.3) is 0 Å². The molecule has 2 fully saturated rings. The summed E-state index contributed by atoms with van der Waals surface area (Å²) in [4.78, 5) is 2.59. The van der Waals surface area contributed by atoms with Gasteiger partial charge in [0.2, 0.25) is 9.54 Å². The molecule has 62 heavy (non-hydrogen) atoms. The number of alkyl halides is 3. The van der Waals surface area contributed by atoms with Gasteiger partial charge in [0, 0.05) is 29.3 Å². The molecule has 6 rings (SSSR count). The molecule has 2 aromatic carbocycles. The summed E-state index contributed by atoms with van der Waals surface area (Å²) in [6, 6.07) is 14.9. The Labute approximate surface area is 416 Å². The number of nitrogens with zero attached hydrogens (tertiary/aromatic N) is 5. The summed E-state index contributed by atoms with van der Waals surface area (Å²) in [5.41, 5.74) is -0.718. The van der Waals surface area contributed by atoms with Crippen molar-refractivity contribution in [1.29, 1.82) is 0 Å². The molecule has 24 heteroatoms. The number of benzene rings is 2. The first-order chi connectivity index (χ1) is 28.7. The van der Waals surface area contributed by atoms with Crippen LogP contribution >= 0.6 is 106 Å². The monoisotopic (exact) mass is 1090 g/mol. The average Bonchev–Trinajstić information content (AvgIpc) is 4.08. The van der Waals surface area contributed by atoms with Gasteiger partial charge >= 0.3 is 0 Å². The van der Waals surface area contributed by atoms with Crippen molar-refractivity contribution in [3.8, 4) is 0 Å². The molecule has 3 N–H and O–H groups in total. The maximum absolute atomic E-state index is 11.6. The fraction of sp³-hybridized carbons (Fsp3) is 0.579. The minimum absolute atomic E-state index is 0. The molecule has 2 heterocycles. The van der Waals surface area contributed by atoms with Crippen LogP contribution in [-0.2, 0) is 67.6 Å². The Morgan fingerprint density at radius 2 is 1.18 bits per heavy atom. The quantitative estimate of drug-likeness (QED) is 0.0469. The molecule has 0 spiro atoms. The van der Waals surface area contributed by atoms with Gasteiger partial charge < -0.3 is 28.3 Å². The van der Waals surface area contributed by atoms with Gasteiger partial charge in [-0.1, -0.05) is 67.0 Å². The maximum atomic E-state index is 11.6. The zero-order valence-corrected chi connectivity index (χ0v) is 43.9. The number of nitrogens with one attached hydrogen (secondary N) is 1. The van der Waals surface area contributed by atoms with Crippen molar-refractivity contribution in [3.05, 3.63) is 91.9 Å². The number of halogens is 6. The minimum atomic E-state index is -2.83. The van der Waals surface area contributed by atoms with Crippen molar-refractivity contribution in [2.75, 3.05) is 32.8 Å². The Morgan fingerprint density at radius 1 is 0.758 bits per heavy atom. The SMILES string of the molecule is C.CCOP(=S)(Cl)OCC.CCOP(=S)(OCC)n1cnn(CC(O)(Cc2ccccc2Cl)C2(Cl)CC2)c1=S.CCl.OC(Cc1ccccc1Cl)(Cn1[nH]cnc1=S)C1(Cl)CC1. The van der Waals surface area contributed by atoms with E-state index < -0.39 is 33.4 Å². The maximum Gasteiger partial charge on any atom is 0.297 e. The summed E-state index contributed by atoms with van der Waals surface area (Å²) < 4.78 is 26.8. The topological polar surface area (TPSA) is 134 Å². The zero-order chi connectivity index (χ0) is 45.7. The second kappa shape index (κ2) is 25.9. The standard InChI is InChI=1S/C18H24Cl2N3O3PS2.C14H15Cl2N3OS.C4H10ClO2PS.CH3Cl.CH4/c1-3-25-27(29,26-4-2)23-13-21-22(16(23)28)12-18(24,17(20)9-10-17)11-14-7-5-6-8-15(14)19;15-11-4-2-1-3-10(11)7-14(20,13(16)5-6-13)8-19-12(21)17-9-18-19;1-3-6-8(5,9)7-4-2;1-2;/h5-8,13,24H,3-4,9-12H2,1-2H3;1-4,9,20H,5-8H2,(H,17,18,21);3-4H2,1-2H3;1H3;1H4. The largest absolute Gasteiger partial charge is 0.386 e. The molecule has 12 nitrogen and oxygen atoms in total. The third kappa shape index (κ3) is 15.8. The fourth-order valence-electron chi connectivity index (χ4n) is 6.12. The van der Waals surface area contributed by atoms with Crippen molar-refractivity contribution in [2.45, 2.75) is 108 Å². The first-order valence-corrected chi connectivity index (χ1v) is 28.4. The molecule has 2 saturated carbocycles. The number of rotatable bonds is 19. The van der Waals surface area contributed by atoms with Gasteiger partial charge in [0.15, 0.2) is 0 Å². The predicted molar refractivity (Wildman–Crippen MR) is 269 cm³/mol. The average molecular weight is 1100 g/mol. The van der Waals surface area contributed by atoms with E-state index >= 15 is 0 Å². The van der Waals surface area contributed by atoms with E-state index in [2.05, 4.69) is 26.8 Å². The van der Waals surface area contributed by atoms with Gasteiger partial charge in [-0.15, -0.1) is 34.8 Å². The fourth-order valence-corrected chi connectivity index (χ4v) is 12.1. The van der Waals surface area contributed by atoms with Gasteiger partial charge in [-0.25, -0.2) is 14.0 Å². The summed E-state index contributed by atoms with van der Waals surface area (Å²) in [5.74, 6) is -2.39. The normalized spacial score (nSPS) is 16.7. The van der Waals surface area contributed by atoms with Crippen molar-refractivity contribution in [2.24, 2.45) is 0 Å². The minimum Gasteiger partial charge on any atom is -0.386 e. The lowest BCUT2D eigenvalue weighted by molar-refractivity contribution is 0.00691. The van der Waals surface area contributed by atoms with Crippen molar-refractivity contribution in [3.63, 3.8) is 0 Å². The molecule has 2 aliphatic carbocycles. The number of H-pyrrole nitrogens is 1. The Morgan fingerprint density at radius 3 is 1.55 bits per heavy atom. The number of hydrogen-bond donors (Lipinski definition) is 3. The van der Waals surface area contributed by atoms with Gasteiger partial charge in [-0.05, 0) is 136 Å². The molecule has 2 aliphatic rings. The first kappa shape index (κ1) is 58.1. The molecule has 2 aromatic heterocycles. The smallest absolute Gasteiger partial charge is 0.297 e. The number of aliphatic hydroxyl groups is 2. The van der Waals surface area contributed by atoms with E-state index in [0.29, 0.717) is 65.3 Å². The van der Waals surface area contributed by atoms with E-state index in [1.807, 2.05) is 70.2 Å². The lowest BCUT2D eigenvalue weighted by Gasteiger charge is -2.33. The van der Waals surface area contributed by atoms with E-state index in [1.165, 1.54) is 23.7 Å². The molecule has 0 amide bonds. The predicted octanol–water partition coefficient (Wildman–Crippen LogP) is 12.3. The van der Waals surface area contributed by atoms with Crippen LogP contribution in [0.3, 0.4) is 0 Å². The van der Waals surface area contributed by atoms with Crippen LogP contribution in [0.5, 0.6) is 0 Å². The molecule has 0 radical (unpaired) electrons. The Bertz CT molecular complexity index is 2210. The molecule has 0 aliphatic heterocycles. The van der Waals surface area contributed by atoms with Crippen LogP contribution in [0, 0.1) is 9.54 Å². The summed E-state index contributed by atoms with van der Waals surface area (Å²) in [6.45, 7) is 6.74. The molecule has 0 saturated heterocycles. The van der Waals surface area contributed by atoms with Gasteiger partial charge in [-0.3, -0.25) is 9.78 Å². The lowest BCUT2D eigenvalue weighted by atomic mass is 9.89. The Kier molecular flexibility index (Phi) is 24.3. The third-order valence-electron chi connectivity index (χ3n) is 9.51. The van der Waals surface area contributed by atoms with Crippen LogP contribution in [-0.4, -0.2) is 92.9 Å². The van der Waals surface area contributed by atoms with Crippen molar-refractivity contribution >= 4 is 130 Å². The summed E-state index contributed by atoms with van der Waals surface area (Å²) >= 11 is 57.2. The van der Waals surface area contributed by atoms with E-state index in [-0.39, 0.29) is 26.9 Å². The van der Waals surface area contributed by atoms with E-state index in [0.717, 1.165) is 24.0 Å². The van der Waals surface area contributed by atoms with Gasteiger partial charge in [0.1, 0.15) is 23.9 Å². The summed E-state index contributed by atoms with van der Waals surface area (Å²) in [5, 5.41) is 31.3. The van der Waals surface area contributed by atoms with Crippen molar-refractivity contribution < 1.29 is 28.3 Å². The molecular formula is C38H56Cl6N6O6P2S4. The first-order valence-electron chi connectivity index (χ1n) is 19.1.